The standard InChI is InChI=1S/C32H36ClN5O5.C4H9NO/c1-23(34)38-29-12-11-27(21-28(29)31(37-22-30(38)35)24-7-9-26(33)10-8-24)43-20-19-42-18-17-41-16-15-40-14-13-36-32(39)25-5-3-2-4-6-25;1-3-5-4(2)6/h2-12,21,34-35H,13-20,22H2,1H3,(H,36,39);3H2,1-2H3,(H,5,6). The smallest absolute Gasteiger partial charge is 0.251 e. The van der Waals surface area contributed by atoms with Crippen molar-refractivity contribution in [3.8, 4) is 5.75 Å². The zero-order chi connectivity index (χ0) is 35.4. The first kappa shape index (κ1) is 38.8. The lowest BCUT2D eigenvalue weighted by Crippen LogP contribution is -2.35. The predicted molar refractivity (Wildman–Crippen MR) is 193 cm³/mol. The summed E-state index contributed by atoms with van der Waals surface area (Å²) in [4.78, 5) is 28.2. The van der Waals surface area contributed by atoms with Crippen LogP contribution in [-0.4, -0.2) is 95.1 Å². The zero-order valence-electron chi connectivity index (χ0n) is 28.2. The van der Waals surface area contributed by atoms with Gasteiger partial charge in [-0.15, -0.1) is 0 Å². The van der Waals surface area contributed by atoms with E-state index in [1.807, 2.05) is 55.5 Å². The molecule has 0 spiro atoms. The second-order valence-corrected chi connectivity index (χ2v) is 11.0. The largest absolute Gasteiger partial charge is 0.491 e. The Morgan fingerprint density at radius 3 is 2.08 bits per heavy atom. The van der Waals surface area contributed by atoms with Crippen molar-refractivity contribution in [2.75, 3.05) is 70.8 Å². The lowest BCUT2D eigenvalue weighted by Gasteiger charge is -2.24. The van der Waals surface area contributed by atoms with Gasteiger partial charge in [-0.25, -0.2) is 0 Å². The number of nitrogens with zero attached hydrogens (tertiary/aromatic N) is 2. The number of amides is 2. The third-order valence-electron chi connectivity index (χ3n) is 6.81. The Kier molecular flexibility index (Phi) is 16.9. The first-order chi connectivity index (χ1) is 23.7. The number of aliphatic imine (C=N–C) groups is 1. The van der Waals surface area contributed by atoms with Gasteiger partial charge in [0.2, 0.25) is 5.91 Å². The van der Waals surface area contributed by atoms with Crippen LogP contribution in [-0.2, 0) is 19.0 Å². The van der Waals surface area contributed by atoms with Crippen LogP contribution in [0.2, 0.25) is 5.02 Å². The molecule has 12 nitrogen and oxygen atoms in total. The summed E-state index contributed by atoms with van der Waals surface area (Å²) in [6, 6.07) is 22.0. The minimum Gasteiger partial charge on any atom is -0.491 e. The first-order valence-electron chi connectivity index (χ1n) is 16.0. The molecule has 4 rings (SSSR count). The molecule has 0 saturated carbocycles. The van der Waals surface area contributed by atoms with Crippen LogP contribution < -0.4 is 20.3 Å². The van der Waals surface area contributed by atoms with Crippen LogP contribution in [0.4, 0.5) is 5.69 Å². The van der Waals surface area contributed by atoms with Gasteiger partial charge in [-0.05, 0) is 56.3 Å². The number of anilines is 1. The third kappa shape index (κ3) is 13.4. The van der Waals surface area contributed by atoms with E-state index in [1.165, 1.54) is 6.92 Å². The first-order valence-corrected chi connectivity index (χ1v) is 16.4. The summed E-state index contributed by atoms with van der Waals surface area (Å²) in [5.41, 5.74) is 3.66. The number of benzene rings is 3. The molecule has 13 heteroatoms. The maximum absolute atomic E-state index is 12.0. The van der Waals surface area contributed by atoms with Crippen molar-refractivity contribution in [1.82, 2.24) is 10.6 Å². The van der Waals surface area contributed by atoms with E-state index in [4.69, 9.17) is 46.4 Å². The molecule has 0 radical (unpaired) electrons. The van der Waals surface area contributed by atoms with E-state index in [1.54, 1.807) is 36.1 Å². The highest BCUT2D eigenvalue weighted by Gasteiger charge is 2.25. The second kappa shape index (κ2) is 21.4. The van der Waals surface area contributed by atoms with Gasteiger partial charge in [0, 0.05) is 41.7 Å². The van der Waals surface area contributed by atoms with Gasteiger partial charge in [-0.1, -0.05) is 41.9 Å². The minimum atomic E-state index is -0.119. The zero-order valence-corrected chi connectivity index (χ0v) is 29.0. The summed E-state index contributed by atoms with van der Waals surface area (Å²) in [5.74, 6) is 1.01. The Bertz CT molecular complexity index is 1550. The highest BCUT2D eigenvalue weighted by molar-refractivity contribution is 6.31. The van der Waals surface area contributed by atoms with Crippen molar-refractivity contribution in [3.05, 3.63) is 94.5 Å². The Labute approximate surface area is 292 Å². The summed E-state index contributed by atoms with van der Waals surface area (Å²) in [5, 5.41) is 22.7. The highest BCUT2D eigenvalue weighted by Crippen LogP contribution is 2.31. The van der Waals surface area contributed by atoms with Crippen LogP contribution in [0.5, 0.6) is 5.75 Å². The Balaban J connectivity index is 0.000000992. The van der Waals surface area contributed by atoms with Gasteiger partial charge in [0.1, 0.15) is 24.0 Å². The maximum Gasteiger partial charge on any atom is 0.251 e. The minimum absolute atomic E-state index is 0.0394. The highest BCUT2D eigenvalue weighted by atomic mass is 35.5. The van der Waals surface area contributed by atoms with Crippen molar-refractivity contribution in [3.63, 3.8) is 0 Å². The molecular weight excluding hydrogens is 648 g/mol. The lowest BCUT2D eigenvalue weighted by molar-refractivity contribution is -0.118. The van der Waals surface area contributed by atoms with Crippen LogP contribution in [0, 0.1) is 10.8 Å². The normalized spacial score (nSPS) is 12.1. The summed E-state index contributed by atoms with van der Waals surface area (Å²) in [6.07, 6.45) is 0. The monoisotopic (exact) mass is 692 g/mol. The molecular formula is C36H45ClN6O6. The summed E-state index contributed by atoms with van der Waals surface area (Å²) >= 11 is 6.10. The number of nitrogens with one attached hydrogen (secondary N) is 4. The topological polar surface area (TPSA) is 158 Å². The second-order valence-electron chi connectivity index (χ2n) is 10.6. The molecule has 49 heavy (non-hydrogen) atoms. The number of benzodiazepines with no additional fused rings is 1. The van der Waals surface area contributed by atoms with Crippen molar-refractivity contribution in [2.24, 2.45) is 4.99 Å². The number of hydrogen-bond acceptors (Lipinski definition) is 9. The van der Waals surface area contributed by atoms with Gasteiger partial charge in [0.15, 0.2) is 0 Å². The molecule has 0 bridgehead atoms. The number of amidine groups is 2. The number of fused-ring (bicyclic) bond motifs is 1. The number of hydrogen-bond donors (Lipinski definition) is 4. The van der Waals surface area contributed by atoms with Crippen LogP contribution >= 0.6 is 11.6 Å². The van der Waals surface area contributed by atoms with Gasteiger partial charge in [-0.2, -0.15) is 0 Å². The number of carbonyl (C=O) groups is 2. The van der Waals surface area contributed by atoms with Crippen LogP contribution in [0.15, 0.2) is 77.8 Å². The Hall–Kier alpha value is -4.62. The molecule has 262 valence electrons. The molecule has 2 amide bonds. The molecule has 4 N–H and O–H groups in total. The molecule has 0 aliphatic carbocycles. The van der Waals surface area contributed by atoms with Gasteiger partial charge < -0.3 is 29.6 Å². The fourth-order valence-corrected chi connectivity index (χ4v) is 4.75. The van der Waals surface area contributed by atoms with Crippen molar-refractivity contribution < 1.29 is 28.5 Å². The van der Waals surface area contributed by atoms with Crippen LogP contribution in [0.1, 0.15) is 42.3 Å². The molecule has 3 aromatic carbocycles. The summed E-state index contributed by atoms with van der Waals surface area (Å²) in [7, 11) is 0. The van der Waals surface area contributed by atoms with Crippen LogP contribution in [0.3, 0.4) is 0 Å². The molecule has 0 unspecified atom stereocenters. The Morgan fingerprint density at radius 1 is 0.857 bits per heavy atom. The molecule has 3 aromatic rings. The van der Waals surface area contributed by atoms with Crippen molar-refractivity contribution in [1.29, 1.82) is 10.8 Å². The van der Waals surface area contributed by atoms with E-state index in [2.05, 4.69) is 10.6 Å². The SMILES string of the molecule is CC(=N)N1C(=N)CN=C(c2ccc(Cl)cc2)c2cc(OCCOCCOCCOCCNC(=O)c3ccccc3)ccc21.CCNC(C)=O. The number of rotatable bonds is 16. The van der Waals surface area contributed by atoms with Gasteiger partial charge >= 0.3 is 0 Å². The quantitative estimate of drug-likeness (QED) is 0.0937. The van der Waals surface area contributed by atoms with E-state index in [0.29, 0.717) is 80.5 Å². The van der Waals surface area contributed by atoms with E-state index < -0.39 is 0 Å². The third-order valence-corrected chi connectivity index (χ3v) is 7.06. The van der Waals surface area contributed by atoms with Crippen molar-refractivity contribution in [2.45, 2.75) is 20.8 Å². The average Bonchev–Trinajstić information content (AvgIpc) is 3.23. The van der Waals surface area contributed by atoms with Crippen molar-refractivity contribution >= 4 is 46.5 Å². The van der Waals surface area contributed by atoms with E-state index >= 15 is 0 Å². The molecule has 1 heterocycles. The molecule has 0 aromatic heterocycles. The molecule has 0 saturated heterocycles. The van der Waals surface area contributed by atoms with E-state index in [9.17, 15) is 9.59 Å². The average molecular weight is 693 g/mol. The maximum atomic E-state index is 12.0. The van der Waals surface area contributed by atoms with Crippen LogP contribution in [0.25, 0.3) is 0 Å². The molecule has 0 fully saturated rings. The fraction of sp³-hybridized carbons (Fsp3) is 0.361. The summed E-state index contributed by atoms with van der Waals surface area (Å²) in [6.45, 7) is 9.20. The lowest BCUT2D eigenvalue weighted by atomic mass is 9.99. The molecule has 1 aliphatic rings. The van der Waals surface area contributed by atoms with Gasteiger partial charge in [0.25, 0.3) is 5.91 Å². The predicted octanol–water partition coefficient (Wildman–Crippen LogP) is 4.97. The number of ether oxygens (including phenoxy) is 4. The number of halogens is 1. The fourth-order valence-electron chi connectivity index (χ4n) is 4.62. The molecule has 0 atom stereocenters. The summed E-state index contributed by atoms with van der Waals surface area (Å²) < 4.78 is 22.6. The van der Waals surface area contributed by atoms with E-state index in [-0.39, 0.29) is 30.0 Å². The molecule has 1 aliphatic heterocycles. The van der Waals surface area contributed by atoms with E-state index in [0.717, 1.165) is 17.7 Å². The number of carbonyl (C=O) groups excluding carboxylic acids is 2. The Morgan fingerprint density at radius 2 is 1.49 bits per heavy atom. The van der Waals surface area contributed by atoms with Gasteiger partial charge in [-0.3, -0.25) is 30.3 Å². The van der Waals surface area contributed by atoms with Gasteiger partial charge in [0.05, 0.1) is 57.6 Å².